The number of nitrogens with zero attached hydrogens (tertiary/aromatic N) is 2. The number of hydrogen-bond donors (Lipinski definition) is 1. The molecule has 7 atom stereocenters. The summed E-state index contributed by atoms with van der Waals surface area (Å²) in [5.41, 5.74) is 0.596. The van der Waals surface area contributed by atoms with Crippen molar-refractivity contribution < 1.29 is 0 Å². The fraction of sp³-hybridized carbons (Fsp3) is 1.00. The van der Waals surface area contributed by atoms with Gasteiger partial charge in [-0.2, -0.15) is 0 Å². The van der Waals surface area contributed by atoms with Gasteiger partial charge in [0, 0.05) is 30.1 Å². The molecule has 5 saturated heterocycles. The van der Waals surface area contributed by atoms with Crippen LogP contribution in [0.1, 0.15) is 64.2 Å². The van der Waals surface area contributed by atoms with E-state index < -0.39 is 0 Å². The molecule has 0 aromatic heterocycles. The van der Waals surface area contributed by atoms with Gasteiger partial charge in [0.05, 0.1) is 6.17 Å². The molecule has 6 aliphatic rings. The third kappa shape index (κ3) is 1.82. The summed E-state index contributed by atoms with van der Waals surface area (Å²) in [5.74, 6) is 2.04. The van der Waals surface area contributed by atoms with Crippen molar-refractivity contribution in [1.82, 2.24) is 15.1 Å². The third-order valence-electron chi connectivity index (χ3n) is 8.80. The molecule has 23 heavy (non-hydrogen) atoms. The number of piperidine rings is 4. The van der Waals surface area contributed by atoms with E-state index >= 15 is 0 Å². The highest BCUT2D eigenvalue weighted by molar-refractivity contribution is 5.18. The Morgan fingerprint density at radius 3 is 2.87 bits per heavy atom. The Kier molecular flexibility index (Phi) is 3.04. The zero-order valence-electron chi connectivity index (χ0n) is 14.6. The van der Waals surface area contributed by atoms with Crippen molar-refractivity contribution in [1.29, 1.82) is 0 Å². The van der Waals surface area contributed by atoms with Gasteiger partial charge in [-0.05, 0) is 82.7 Å². The lowest BCUT2D eigenvalue weighted by Gasteiger charge is -2.70. The van der Waals surface area contributed by atoms with Gasteiger partial charge in [-0.1, -0.05) is 6.42 Å². The van der Waals surface area contributed by atoms with E-state index in [-0.39, 0.29) is 0 Å². The van der Waals surface area contributed by atoms with Crippen LogP contribution in [0.5, 0.6) is 0 Å². The number of nitrogens with one attached hydrogen (secondary N) is 1. The molecule has 0 unspecified atom stereocenters. The van der Waals surface area contributed by atoms with E-state index in [1.165, 1.54) is 71.0 Å². The summed E-state index contributed by atoms with van der Waals surface area (Å²) in [6, 6.07) is 2.70. The van der Waals surface area contributed by atoms with E-state index in [1.807, 2.05) is 0 Å². The maximum Gasteiger partial charge on any atom is 0.0602 e. The average molecular weight is 316 g/mol. The second-order valence-electron chi connectivity index (χ2n) is 9.72. The third-order valence-corrected chi connectivity index (χ3v) is 8.80. The monoisotopic (exact) mass is 315 g/mol. The van der Waals surface area contributed by atoms with Crippen molar-refractivity contribution >= 4 is 0 Å². The van der Waals surface area contributed by atoms with Gasteiger partial charge in [0.2, 0.25) is 0 Å². The first kappa shape index (κ1) is 14.1. The Balaban J connectivity index is 1.44. The molecule has 0 aromatic rings. The fourth-order valence-corrected chi connectivity index (χ4v) is 8.25. The van der Waals surface area contributed by atoms with Crippen LogP contribution in [0.3, 0.4) is 0 Å². The smallest absolute Gasteiger partial charge is 0.0602 e. The molecule has 5 aliphatic heterocycles. The number of hydrogen-bond acceptors (Lipinski definition) is 3. The molecule has 0 aromatic carbocycles. The van der Waals surface area contributed by atoms with Crippen LogP contribution in [0.15, 0.2) is 0 Å². The Hall–Kier alpha value is -0.120. The minimum atomic E-state index is 0.596. The first-order chi connectivity index (χ1) is 11.4. The molecule has 1 aliphatic carbocycles. The highest BCUT2D eigenvalue weighted by Crippen LogP contribution is 2.59. The molecular weight excluding hydrogens is 282 g/mol. The number of rotatable bonds is 0. The lowest BCUT2D eigenvalue weighted by Crippen LogP contribution is -2.80. The molecule has 6 rings (SSSR count). The van der Waals surface area contributed by atoms with Crippen molar-refractivity contribution in [3.63, 3.8) is 0 Å². The summed E-state index contributed by atoms with van der Waals surface area (Å²) >= 11 is 0. The Morgan fingerprint density at radius 1 is 0.870 bits per heavy atom. The summed E-state index contributed by atoms with van der Waals surface area (Å²) in [5, 5.41) is 4.15. The second kappa shape index (κ2) is 4.95. The van der Waals surface area contributed by atoms with E-state index in [0.717, 1.165) is 36.1 Å². The van der Waals surface area contributed by atoms with E-state index in [0.29, 0.717) is 5.41 Å². The molecule has 3 heteroatoms. The van der Waals surface area contributed by atoms with Gasteiger partial charge >= 0.3 is 0 Å². The van der Waals surface area contributed by atoms with Gasteiger partial charge in [-0.25, -0.2) is 0 Å². The van der Waals surface area contributed by atoms with Gasteiger partial charge < -0.3 is 0 Å². The Morgan fingerprint density at radius 2 is 1.87 bits per heavy atom. The van der Waals surface area contributed by atoms with E-state index in [2.05, 4.69) is 15.1 Å². The van der Waals surface area contributed by atoms with Crippen molar-refractivity contribution in [2.24, 2.45) is 17.3 Å². The van der Waals surface area contributed by atoms with Crippen molar-refractivity contribution in [3.05, 3.63) is 0 Å². The topological polar surface area (TPSA) is 18.5 Å². The molecule has 1 saturated carbocycles. The minimum Gasteiger partial charge on any atom is -0.299 e. The van der Waals surface area contributed by atoms with Crippen LogP contribution >= 0.6 is 0 Å². The molecular formula is C20H33N3. The lowest BCUT2D eigenvalue weighted by molar-refractivity contribution is -0.198. The molecule has 1 spiro atoms. The van der Waals surface area contributed by atoms with E-state index in [1.54, 1.807) is 12.8 Å². The lowest BCUT2D eigenvalue weighted by atomic mass is 9.50. The van der Waals surface area contributed by atoms with E-state index in [4.69, 9.17) is 0 Å². The van der Waals surface area contributed by atoms with E-state index in [9.17, 15) is 0 Å². The largest absolute Gasteiger partial charge is 0.299 e. The summed E-state index contributed by atoms with van der Waals surface area (Å²) in [4.78, 5) is 5.95. The Bertz CT molecular complexity index is 493. The van der Waals surface area contributed by atoms with Crippen molar-refractivity contribution in [2.45, 2.75) is 88.5 Å². The first-order valence-electron chi connectivity index (χ1n) is 10.6. The maximum atomic E-state index is 4.15. The molecule has 6 fully saturated rings. The zero-order chi connectivity index (χ0) is 15.0. The molecule has 0 amide bonds. The minimum absolute atomic E-state index is 0.596. The van der Waals surface area contributed by atoms with Crippen LogP contribution in [0.4, 0.5) is 0 Å². The molecule has 5 heterocycles. The summed E-state index contributed by atoms with van der Waals surface area (Å²) < 4.78 is 0. The molecule has 3 nitrogen and oxygen atoms in total. The van der Waals surface area contributed by atoms with Crippen LogP contribution in [-0.4, -0.2) is 53.7 Å². The summed E-state index contributed by atoms with van der Waals surface area (Å²) in [6.45, 7) is 4.20. The van der Waals surface area contributed by atoms with Crippen molar-refractivity contribution in [3.8, 4) is 0 Å². The molecule has 0 radical (unpaired) electrons. The number of fused-ring (bicyclic) bond motifs is 6. The highest BCUT2D eigenvalue weighted by Gasteiger charge is 2.63. The molecule has 1 N–H and O–H groups in total. The maximum absolute atomic E-state index is 4.15. The van der Waals surface area contributed by atoms with Crippen molar-refractivity contribution in [2.75, 3.05) is 19.6 Å². The standard InChI is InChI=1S/C20H33N3/c1-2-9-22-13-20-12-15(16(22)6-1)11-14-5-4-10-23(19(14)20)18-8-3-7-17(20)21-18/h14-19,21H,1-13H2/t14-,15-,16+,17+,18+,19+,20+/m0/s1. The first-order valence-corrected chi connectivity index (χ1v) is 10.6. The normalized spacial score (nSPS) is 55.8. The summed E-state index contributed by atoms with van der Waals surface area (Å²) in [7, 11) is 0. The predicted molar refractivity (Wildman–Crippen MR) is 92.1 cm³/mol. The van der Waals surface area contributed by atoms with Gasteiger partial charge in [0.15, 0.2) is 0 Å². The van der Waals surface area contributed by atoms with Gasteiger partial charge in [-0.3, -0.25) is 15.1 Å². The highest BCUT2D eigenvalue weighted by atomic mass is 15.4. The summed E-state index contributed by atoms with van der Waals surface area (Å²) in [6.07, 6.45) is 15.6. The quantitative estimate of drug-likeness (QED) is 0.741. The van der Waals surface area contributed by atoms with Crippen LogP contribution in [0, 0.1) is 17.3 Å². The van der Waals surface area contributed by atoms with Crippen LogP contribution in [-0.2, 0) is 0 Å². The average Bonchev–Trinajstić information content (AvgIpc) is 2.60. The predicted octanol–water partition coefficient (Wildman–Crippen LogP) is 2.81. The van der Waals surface area contributed by atoms with Crippen LogP contribution in [0.25, 0.3) is 0 Å². The zero-order valence-corrected chi connectivity index (χ0v) is 14.6. The molecule has 4 bridgehead atoms. The van der Waals surface area contributed by atoms with Gasteiger partial charge in [0.25, 0.3) is 0 Å². The second-order valence-corrected chi connectivity index (χ2v) is 9.72. The van der Waals surface area contributed by atoms with Crippen LogP contribution < -0.4 is 5.32 Å². The Labute approximate surface area is 141 Å². The van der Waals surface area contributed by atoms with Crippen LogP contribution in [0.2, 0.25) is 0 Å². The molecule has 128 valence electrons. The fourth-order valence-electron chi connectivity index (χ4n) is 8.25. The van der Waals surface area contributed by atoms with Gasteiger partial charge in [0.1, 0.15) is 0 Å². The van der Waals surface area contributed by atoms with Gasteiger partial charge in [-0.15, -0.1) is 0 Å². The SMILES string of the molecule is C1CCN2C[C@]34C[C@H](C[C@@H]5CCCN([C@@H]6CCC[C@H]3N6)[C@H]54)[C@H]2C1.